The third-order valence-corrected chi connectivity index (χ3v) is 4.05. The van der Waals surface area contributed by atoms with Crippen molar-refractivity contribution in [2.45, 2.75) is 33.6 Å². The number of ether oxygens (including phenoxy) is 1. The molecule has 1 aromatic rings. The maximum Gasteiger partial charge on any atom is 0.317 e. The Morgan fingerprint density at radius 2 is 2.05 bits per heavy atom. The molecule has 1 aromatic carbocycles. The first-order valence-electron chi connectivity index (χ1n) is 7.79. The summed E-state index contributed by atoms with van der Waals surface area (Å²) in [5.74, 6) is 1.64. The lowest BCUT2D eigenvalue weighted by atomic mass is 10.00. The fraction of sp³-hybridized carbons (Fsp3) is 0.588. The standard InChI is InChI=1S/C17H26N2O2/c1-13-6-9-19(10-7-13)17(20)18-8-11-21-16-12-14(2)4-5-15(16)3/h4-5,12-13H,6-11H2,1-3H3,(H,18,20). The zero-order chi connectivity index (χ0) is 15.2. The van der Waals surface area contributed by atoms with E-state index in [1.54, 1.807) is 0 Å². The Bertz CT molecular complexity index is 480. The number of carbonyl (C=O) groups is 1. The number of hydrogen-bond donors (Lipinski definition) is 1. The van der Waals surface area contributed by atoms with Crippen molar-refractivity contribution in [3.05, 3.63) is 29.3 Å². The summed E-state index contributed by atoms with van der Waals surface area (Å²) in [6.45, 7) is 9.09. The van der Waals surface area contributed by atoms with Gasteiger partial charge in [0.05, 0.1) is 6.54 Å². The largest absolute Gasteiger partial charge is 0.491 e. The first-order chi connectivity index (χ1) is 10.1. The molecular formula is C17H26N2O2. The smallest absolute Gasteiger partial charge is 0.317 e. The second-order valence-electron chi connectivity index (χ2n) is 6.02. The Labute approximate surface area is 127 Å². The van der Waals surface area contributed by atoms with Gasteiger partial charge >= 0.3 is 6.03 Å². The molecule has 0 aromatic heterocycles. The number of carbonyl (C=O) groups excluding carboxylic acids is 1. The monoisotopic (exact) mass is 290 g/mol. The SMILES string of the molecule is Cc1ccc(C)c(OCCNC(=O)N2CCC(C)CC2)c1. The predicted octanol–water partition coefficient (Wildman–Crippen LogP) is 3.12. The van der Waals surface area contributed by atoms with E-state index < -0.39 is 0 Å². The third-order valence-electron chi connectivity index (χ3n) is 4.05. The van der Waals surface area contributed by atoms with Gasteiger partial charge in [-0.05, 0) is 49.8 Å². The first kappa shape index (κ1) is 15.7. The number of nitrogens with one attached hydrogen (secondary N) is 1. The van der Waals surface area contributed by atoms with Gasteiger partial charge in [-0.25, -0.2) is 4.79 Å². The zero-order valence-electron chi connectivity index (χ0n) is 13.3. The summed E-state index contributed by atoms with van der Waals surface area (Å²) in [6, 6.07) is 6.19. The molecule has 0 aliphatic carbocycles. The summed E-state index contributed by atoms with van der Waals surface area (Å²) in [4.78, 5) is 13.9. The molecule has 0 radical (unpaired) electrons. The van der Waals surface area contributed by atoms with E-state index >= 15 is 0 Å². The predicted molar refractivity (Wildman–Crippen MR) is 84.8 cm³/mol. The van der Waals surface area contributed by atoms with Crippen LogP contribution in [0.15, 0.2) is 18.2 Å². The molecule has 116 valence electrons. The Hall–Kier alpha value is -1.71. The third kappa shape index (κ3) is 4.66. The summed E-state index contributed by atoms with van der Waals surface area (Å²) in [5, 5.41) is 2.93. The van der Waals surface area contributed by atoms with Crippen LogP contribution in [0.4, 0.5) is 4.79 Å². The van der Waals surface area contributed by atoms with Crippen LogP contribution in [0, 0.1) is 19.8 Å². The molecule has 1 heterocycles. The number of amides is 2. The Balaban J connectivity index is 1.69. The number of hydrogen-bond acceptors (Lipinski definition) is 2. The quantitative estimate of drug-likeness (QED) is 0.866. The van der Waals surface area contributed by atoms with Crippen molar-refractivity contribution in [1.29, 1.82) is 0 Å². The van der Waals surface area contributed by atoms with Crippen LogP contribution in [0.2, 0.25) is 0 Å². The van der Waals surface area contributed by atoms with Crippen LogP contribution in [-0.4, -0.2) is 37.2 Å². The first-order valence-corrected chi connectivity index (χ1v) is 7.79. The Morgan fingerprint density at radius 1 is 1.33 bits per heavy atom. The number of aryl methyl sites for hydroxylation is 2. The van der Waals surface area contributed by atoms with Crippen LogP contribution >= 0.6 is 0 Å². The van der Waals surface area contributed by atoms with Gasteiger partial charge in [-0.3, -0.25) is 0 Å². The van der Waals surface area contributed by atoms with E-state index in [0.29, 0.717) is 13.2 Å². The van der Waals surface area contributed by atoms with Gasteiger partial charge in [0, 0.05) is 13.1 Å². The molecule has 0 saturated carbocycles. The van der Waals surface area contributed by atoms with Crippen molar-refractivity contribution in [3.63, 3.8) is 0 Å². The summed E-state index contributed by atoms with van der Waals surface area (Å²) in [6.07, 6.45) is 2.21. The second kappa shape index (κ2) is 7.34. The molecule has 0 unspecified atom stereocenters. The maximum atomic E-state index is 12.0. The van der Waals surface area contributed by atoms with Gasteiger partial charge in [-0.1, -0.05) is 19.1 Å². The van der Waals surface area contributed by atoms with E-state index in [9.17, 15) is 4.79 Å². The molecule has 1 saturated heterocycles. The molecule has 0 spiro atoms. The number of urea groups is 1. The van der Waals surface area contributed by atoms with Crippen molar-refractivity contribution >= 4 is 6.03 Å². The van der Waals surface area contributed by atoms with Gasteiger partial charge in [-0.15, -0.1) is 0 Å². The van der Waals surface area contributed by atoms with E-state index in [-0.39, 0.29) is 6.03 Å². The molecule has 1 fully saturated rings. The minimum Gasteiger partial charge on any atom is -0.491 e. The number of likely N-dealkylation sites (tertiary alicyclic amines) is 1. The molecule has 4 heteroatoms. The Kier molecular flexibility index (Phi) is 5.48. The lowest BCUT2D eigenvalue weighted by Gasteiger charge is -2.30. The molecule has 2 rings (SSSR count). The van der Waals surface area contributed by atoms with Crippen molar-refractivity contribution < 1.29 is 9.53 Å². The molecule has 1 N–H and O–H groups in total. The van der Waals surface area contributed by atoms with Crippen molar-refractivity contribution in [3.8, 4) is 5.75 Å². The van der Waals surface area contributed by atoms with E-state index in [0.717, 1.165) is 43.2 Å². The number of rotatable bonds is 4. The average Bonchev–Trinajstić information content (AvgIpc) is 2.47. The highest BCUT2D eigenvalue weighted by atomic mass is 16.5. The maximum absolute atomic E-state index is 12.0. The lowest BCUT2D eigenvalue weighted by molar-refractivity contribution is 0.172. The molecule has 21 heavy (non-hydrogen) atoms. The molecule has 0 atom stereocenters. The van der Waals surface area contributed by atoms with Gasteiger partial charge in [-0.2, -0.15) is 0 Å². The normalized spacial score (nSPS) is 15.9. The average molecular weight is 290 g/mol. The van der Waals surface area contributed by atoms with E-state index in [2.05, 4.69) is 24.4 Å². The summed E-state index contributed by atoms with van der Waals surface area (Å²) in [5.41, 5.74) is 2.30. The number of benzene rings is 1. The molecular weight excluding hydrogens is 264 g/mol. The number of piperidine rings is 1. The van der Waals surface area contributed by atoms with E-state index in [1.807, 2.05) is 24.8 Å². The van der Waals surface area contributed by atoms with Crippen molar-refractivity contribution in [2.24, 2.45) is 5.92 Å². The minimum absolute atomic E-state index is 0.0338. The highest BCUT2D eigenvalue weighted by Crippen LogP contribution is 2.19. The molecule has 0 bridgehead atoms. The fourth-order valence-electron chi connectivity index (χ4n) is 2.51. The molecule has 1 aliphatic heterocycles. The van der Waals surface area contributed by atoms with Crippen LogP contribution in [0.25, 0.3) is 0 Å². The molecule has 2 amide bonds. The van der Waals surface area contributed by atoms with Crippen molar-refractivity contribution in [2.75, 3.05) is 26.2 Å². The lowest BCUT2D eigenvalue weighted by Crippen LogP contribution is -2.45. The van der Waals surface area contributed by atoms with E-state index in [1.165, 1.54) is 5.56 Å². The van der Waals surface area contributed by atoms with Crippen LogP contribution in [0.3, 0.4) is 0 Å². The highest BCUT2D eigenvalue weighted by Gasteiger charge is 2.19. The second-order valence-corrected chi connectivity index (χ2v) is 6.02. The van der Waals surface area contributed by atoms with Crippen LogP contribution < -0.4 is 10.1 Å². The van der Waals surface area contributed by atoms with Crippen LogP contribution in [0.5, 0.6) is 5.75 Å². The van der Waals surface area contributed by atoms with Gasteiger partial charge in [0.2, 0.25) is 0 Å². The summed E-state index contributed by atoms with van der Waals surface area (Å²) < 4.78 is 5.74. The van der Waals surface area contributed by atoms with Crippen LogP contribution in [0.1, 0.15) is 30.9 Å². The molecule has 1 aliphatic rings. The van der Waals surface area contributed by atoms with Gasteiger partial charge in [0.1, 0.15) is 12.4 Å². The minimum atomic E-state index is 0.0338. The van der Waals surface area contributed by atoms with Gasteiger partial charge in [0.15, 0.2) is 0 Å². The van der Waals surface area contributed by atoms with Gasteiger partial charge in [0.25, 0.3) is 0 Å². The topological polar surface area (TPSA) is 41.6 Å². The molecule has 4 nitrogen and oxygen atoms in total. The number of nitrogens with zero attached hydrogens (tertiary/aromatic N) is 1. The Morgan fingerprint density at radius 3 is 2.76 bits per heavy atom. The summed E-state index contributed by atoms with van der Waals surface area (Å²) in [7, 11) is 0. The van der Waals surface area contributed by atoms with Crippen LogP contribution in [-0.2, 0) is 0 Å². The summed E-state index contributed by atoms with van der Waals surface area (Å²) >= 11 is 0. The van der Waals surface area contributed by atoms with Gasteiger partial charge < -0.3 is 15.0 Å². The zero-order valence-corrected chi connectivity index (χ0v) is 13.3. The van der Waals surface area contributed by atoms with E-state index in [4.69, 9.17) is 4.74 Å². The van der Waals surface area contributed by atoms with Crippen molar-refractivity contribution in [1.82, 2.24) is 10.2 Å². The highest BCUT2D eigenvalue weighted by molar-refractivity contribution is 5.74. The fourth-order valence-corrected chi connectivity index (χ4v) is 2.51.